The Balaban J connectivity index is 1.73. The van der Waals surface area contributed by atoms with Gasteiger partial charge in [0.1, 0.15) is 5.82 Å². The highest BCUT2D eigenvalue weighted by atomic mass is 32.2. The van der Waals surface area contributed by atoms with Gasteiger partial charge in [0, 0.05) is 19.0 Å². The van der Waals surface area contributed by atoms with E-state index in [9.17, 15) is 18.0 Å². The molecule has 158 valence electrons. The second-order valence-electron chi connectivity index (χ2n) is 6.82. The highest BCUT2D eigenvalue weighted by Gasteiger charge is 2.32. The normalized spacial score (nSPS) is 15.0. The van der Waals surface area contributed by atoms with Crippen molar-refractivity contribution in [2.75, 3.05) is 42.3 Å². The van der Waals surface area contributed by atoms with Gasteiger partial charge in [0.25, 0.3) is 0 Å². The number of alkyl halides is 3. The van der Waals surface area contributed by atoms with Gasteiger partial charge in [-0.2, -0.15) is 13.2 Å². The fraction of sp³-hybridized carbons (Fsp3) is 0.500. The highest BCUT2D eigenvalue weighted by Crippen LogP contribution is 2.36. The number of hydrogen-bond donors (Lipinski definition) is 2. The Hall–Kier alpha value is -2.27. The second-order valence-corrected chi connectivity index (χ2v) is 7.77. The first kappa shape index (κ1) is 21.4. The van der Waals surface area contributed by atoms with Gasteiger partial charge in [-0.25, -0.2) is 4.98 Å². The summed E-state index contributed by atoms with van der Waals surface area (Å²) in [4.78, 5) is 18.6. The van der Waals surface area contributed by atoms with Crippen LogP contribution in [0.1, 0.15) is 31.2 Å². The lowest BCUT2D eigenvalue weighted by atomic mass is 10.1. The van der Waals surface area contributed by atoms with Crippen molar-refractivity contribution in [3.63, 3.8) is 0 Å². The summed E-state index contributed by atoms with van der Waals surface area (Å²) >= 11 is 1.12. The molecule has 0 spiro atoms. The van der Waals surface area contributed by atoms with E-state index in [0.29, 0.717) is 43.0 Å². The number of carbonyl (C=O) groups excluding carboxylic acids is 1. The number of halogens is 3. The minimum atomic E-state index is -4.50. The topological polar surface area (TPSA) is 83.1 Å². The van der Waals surface area contributed by atoms with E-state index in [2.05, 4.69) is 20.5 Å². The number of aromatic nitrogens is 3. The van der Waals surface area contributed by atoms with E-state index < -0.39 is 17.6 Å². The average Bonchev–Trinajstić information content (AvgIpc) is 3.16. The number of benzene rings is 1. The molecule has 1 aliphatic rings. The van der Waals surface area contributed by atoms with Crippen LogP contribution in [-0.4, -0.2) is 53.1 Å². The van der Waals surface area contributed by atoms with E-state index in [-0.39, 0.29) is 17.4 Å². The number of thioether (sulfide) groups is 1. The van der Waals surface area contributed by atoms with Gasteiger partial charge in [-0.3, -0.25) is 9.89 Å². The number of carbonyl (C=O) groups is 1. The number of H-pyrrole nitrogens is 1. The van der Waals surface area contributed by atoms with Crippen LogP contribution in [0.15, 0.2) is 23.4 Å². The minimum absolute atomic E-state index is 0.0197. The van der Waals surface area contributed by atoms with Crippen LogP contribution < -0.4 is 10.2 Å². The van der Waals surface area contributed by atoms with Crippen molar-refractivity contribution < 1.29 is 22.7 Å². The van der Waals surface area contributed by atoms with Gasteiger partial charge in [0.2, 0.25) is 11.1 Å². The van der Waals surface area contributed by atoms with E-state index in [0.717, 1.165) is 23.9 Å². The molecule has 0 atom stereocenters. The fourth-order valence-electron chi connectivity index (χ4n) is 2.79. The Kier molecular flexibility index (Phi) is 6.68. The number of morpholine rings is 1. The monoisotopic (exact) mass is 429 g/mol. The molecule has 0 unspecified atom stereocenters. The molecular formula is C18H22F3N5O2S. The summed E-state index contributed by atoms with van der Waals surface area (Å²) in [5, 5.41) is 9.86. The fourth-order valence-corrected chi connectivity index (χ4v) is 3.40. The highest BCUT2D eigenvalue weighted by molar-refractivity contribution is 7.99. The summed E-state index contributed by atoms with van der Waals surface area (Å²) < 4.78 is 44.7. The Labute approximate surface area is 170 Å². The molecule has 1 amide bonds. The molecule has 1 saturated heterocycles. The van der Waals surface area contributed by atoms with Gasteiger partial charge in [0.15, 0.2) is 0 Å². The van der Waals surface area contributed by atoms with E-state index in [1.54, 1.807) is 0 Å². The van der Waals surface area contributed by atoms with Crippen LogP contribution in [0.2, 0.25) is 0 Å². The van der Waals surface area contributed by atoms with Crippen LogP contribution in [0.5, 0.6) is 0 Å². The van der Waals surface area contributed by atoms with E-state index in [1.807, 2.05) is 18.7 Å². The molecule has 0 aliphatic carbocycles. The smallest absolute Gasteiger partial charge is 0.378 e. The summed E-state index contributed by atoms with van der Waals surface area (Å²) in [6, 6.07) is 3.38. The largest absolute Gasteiger partial charge is 0.416 e. The maximum Gasteiger partial charge on any atom is 0.416 e. The first-order chi connectivity index (χ1) is 13.7. The Morgan fingerprint density at radius 3 is 2.69 bits per heavy atom. The molecule has 11 heteroatoms. The van der Waals surface area contributed by atoms with Gasteiger partial charge in [-0.1, -0.05) is 25.6 Å². The summed E-state index contributed by atoms with van der Waals surface area (Å²) in [5.74, 6) is 0.431. The summed E-state index contributed by atoms with van der Waals surface area (Å²) in [7, 11) is 0. The second kappa shape index (κ2) is 9.04. The van der Waals surface area contributed by atoms with Gasteiger partial charge in [-0.05, 0) is 18.2 Å². The van der Waals surface area contributed by atoms with Crippen LogP contribution in [-0.2, 0) is 15.7 Å². The zero-order chi connectivity index (χ0) is 21.0. The van der Waals surface area contributed by atoms with Crippen LogP contribution >= 0.6 is 11.8 Å². The third-order valence-corrected chi connectivity index (χ3v) is 5.16. The molecule has 0 radical (unpaired) electrons. The summed E-state index contributed by atoms with van der Waals surface area (Å²) in [6.45, 7) is 5.96. The van der Waals surface area contributed by atoms with Crippen LogP contribution in [0.25, 0.3) is 0 Å². The maximum absolute atomic E-state index is 13.1. The number of ether oxygens (including phenoxy) is 1. The quantitative estimate of drug-likeness (QED) is 0.684. The number of nitrogens with one attached hydrogen (secondary N) is 2. The molecule has 2 heterocycles. The zero-order valence-electron chi connectivity index (χ0n) is 16.0. The number of nitrogens with zero attached hydrogens (tertiary/aromatic N) is 3. The zero-order valence-corrected chi connectivity index (χ0v) is 16.9. The van der Waals surface area contributed by atoms with Crippen molar-refractivity contribution >= 4 is 29.0 Å². The maximum atomic E-state index is 13.1. The van der Waals surface area contributed by atoms with Crippen molar-refractivity contribution in [2.45, 2.75) is 31.1 Å². The van der Waals surface area contributed by atoms with Crippen LogP contribution in [0.4, 0.5) is 24.5 Å². The SMILES string of the molecule is CC(C)c1nc(SCC(=O)Nc2cc(C(F)(F)F)ccc2N2CCOCC2)n[nH]1. The third kappa shape index (κ3) is 5.63. The average molecular weight is 429 g/mol. The molecule has 2 N–H and O–H groups in total. The first-order valence-electron chi connectivity index (χ1n) is 9.13. The van der Waals surface area contributed by atoms with Crippen LogP contribution in [0.3, 0.4) is 0 Å². The van der Waals surface area contributed by atoms with Gasteiger partial charge in [0.05, 0.1) is 35.9 Å². The molecular weight excluding hydrogens is 407 g/mol. The lowest BCUT2D eigenvalue weighted by Crippen LogP contribution is -2.37. The molecule has 0 saturated carbocycles. The van der Waals surface area contributed by atoms with Crippen LogP contribution in [0, 0.1) is 0 Å². The van der Waals surface area contributed by atoms with Gasteiger partial charge in [-0.15, -0.1) is 5.10 Å². The van der Waals surface area contributed by atoms with E-state index >= 15 is 0 Å². The summed E-state index contributed by atoms with van der Waals surface area (Å²) in [6.07, 6.45) is -4.50. The van der Waals surface area contributed by atoms with Gasteiger partial charge >= 0.3 is 6.18 Å². The molecule has 1 aromatic heterocycles. The number of anilines is 2. The molecule has 1 aromatic carbocycles. The minimum Gasteiger partial charge on any atom is -0.378 e. The number of aromatic amines is 1. The molecule has 3 rings (SSSR count). The Bertz CT molecular complexity index is 850. The molecule has 2 aromatic rings. The number of amides is 1. The number of rotatable bonds is 6. The van der Waals surface area contributed by atoms with Crippen molar-refractivity contribution in [2.24, 2.45) is 0 Å². The lowest BCUT2D eigenvalue weighted by molar-refractivity contribution is -0.137. The molecule has 29 heavy (non-hydrogen) atoms. The molecule has 0 bridgehead atoms. The van der Waals surface area contributed by atoms with Crippen molar-refractivity contribution in [1.29, 1.82) is 0 Å². The molecule has 1 fully saturated rings. The standard InChI is InChI=1S/C18H22F3N5O2S/c1-11(2)16-23-17(25-24-16)29-10-15(27)22-13-9-12(18(19,20)21)3-4-14(13)26-5-7-28-8-6-26/h3-4,9,11H,5-8,10H2,1-2H3,(H,22,27)(H,23,24,25). The van der Waals surface area contributed by atoms with Crippen molar-refractivity contribution in [1.82, 2.24) is 15.2 Å². The first-order valence-corrected chi connectivity index (χ1v) is 10.1. The Morgan fingerprint density at radius 1 is 1.34 bits per heavy atom. The molecule has 7 nitrogen and oxygen atoms in total. The van der Waals surface area contributed by atoms with E-state index in [4.69, 9.17) is 4.74 Å². The lowest BCUT2D eigenvalue weighted by Gasteiger charge is -2.31. The predicted octanol–water partition coefficient (Wildman–Crippen LogP) is 3.51. The third-order valence-electron chi connectivity index (χ3n) is 4.31. The van der Waals surface area contributed by atoms with Crippen molar-refractivity contribution in [3.8, 4) is 0 Å². The molecule has 1 aliphatic heterocycles. The summed E-state index contributed by atoms with van der Waals surface area (Å²) in [5.41, 5.74) is -0.141. The van der Waals surface area contributed by atoms with Crippen molar-refractivity contribution in [3.05, 3.63) is 29.6 Å². The Morgan fingerprint density at radius 2 is 2.07 bits per heavy atom. The number of hydrogen-bond acceptors (Lipinski definition) is 6. The van der Waals surface area contributed by atoms with Gasteiger partial charge < -0.3 is 15.0 Å². The van der Waals surface area contributed by atoms with E-state index in [1.165, 1.54) is 6.07 Å². The predicted molar refractivity (Wildman–Crippen MR) is 104 cm³/mol.